The van der Waals surface area contributed by atoms with Crippen molar-refractivity contribution in [3.63, 3.8) is 0 Å². The number of nitrogens with zero attached hydrogens (tertiary/aromatic N) is 3. The molecular weight excluding hydrogens is 362 g/mol. The van der Waals surface area contributed by atoms with Crippen LogP contribution < -0.4 is 0 Å². The van der Waals surface area contributed by atoms with E-state index in [2.05, 4.69) is 17.9 Å². The number of hydrogen-bond donors (Lipinski definition) is 0. The highest BCUT2D eigenvalue weighted by atomic mass is 32.2. The third kappa shape index (κ3) is 3.82. The largest absolute Gasteiger partial charge is 0.336 e. The highest BCUT2D eigenvalue weighted by Crippen LogP contribution is 2.28. The van der Waals surface area contributed by atoms with Crippen LogP contribution in [0.4, 0.5) is 0 Å². The van der Waals surface area contributed by atoms with Gasteiger partial charge in [0.15, 0.2) is 0 Å². The molecule has 4 nitrogen and oxygen atoms in total. The number of rotatable bonds is 5. The summed E-state index contributed by atoms with van der Waals surface area (Å²) in [6.45, 7) is 6.52. The molecule has 138 valence electrons. The van der Waals surface area contributed by atoms with Crippen LogP contribution in [-0.4, -0.2) is 52.6 Å². The molecule has 0 radical (unpaired) electrons. The fourth-order valence-electron chi connectivity index (χ4n) is 3.71. The van der Waals surface area contributed by atoms with E-state index < -0.39 is 0 Å². The second kappa shape index (κ2) is 8.11. The minimum absolute atomic E-state index is 0.175. The van der Waals surface area contributed by atoms with Gasteiger partial charge in [-0.1, -0.05) is 19.1 Å². The Morgan fingerprint density at radius 1 is 1.19 bits per heavy atom. The van der Waals surface area contributed by atoms with Crippen molar-refractivity contribution in [3.05, 3.63) is 45.4 Å². The normalized spacial score (nSPS) is 17.5. The number of thiazole rings is 1. The molecule has 1 fully saturated rings. The summed E-state index contributed by atoms with van der Waals surface area (Å²) in [5.41, 5.74) is 2.19. The van der Waals surface area contributed by atoms with Crippen LogP contribution in [0.15, 0.2) is 29.2 Å². The number of fused-ring (bicyclic) bond motifs is 1. The molecule has 26 heavy (non-hydrogen) atoms. The van der Waals surface area contributed by atoms with Gasteiger partial charge in [-0.25, -0.2) is 4.98 Å². The number of carbonyl (C=O) groups is 1. The number of benzene rings is 1. The van der Waals surface area contributed by atoms with Crippen molar-refractivity contribution in [1.82, 2.24) is 14.8 Å². The van der Waals surface area contributed by atoms with E-state index >= 15 is 0 Å². The Bertz CT molecular complexity index is 760. The Balaban J connectivity index is 1.35. The molecule has 1 saturated heterocycles. The second-order valence-electron chi connectivity index (χ2n) is 6.83. The number of hydrogen-bond acceptors (Lipinski definition) is 5. The standard InChI is InChI=1S/C20H25N3OS2/c1-2-25-17-8-4-3-6-15(17)20(24)23-12-10-22(11-13-23)14-19-21-16-7-5-9-18(16)26-19/h3-4,6,8H,2,5,7,9-14H2,1H3. The molecule has 1 amide bonds. The van der Waals surface area contributed by atoms with Crippen LogP contribution in [0.3, 0.4) is 0 Å². The Labute approximate surface area is 163 Å². The van der Waals surface area contributed by atoms with E-state index in [-0.39, 0.29) is 5.91 Å². The van der Waals surface area contributed by atoms with E-state index in [0.717, 1.165) is 55.4 Å². The maximum atomic E-state index is 12.9. The molecule has 0 bridgehead atoms. The summed E-state index contributed by atoms with van der Waals surface area (Å²) in [6.07, 6.45) is 3.64. The minimum atomic E-state index is 0.175. The molecule has 1 aliphatic carbocycles. The molecular formula is C20H25N3OS2. The lowest BCUT2D eigenvalue weighted by atomic mass is 10.2. The highest BCUT2D eigenvalue weighted by Gasteiger charge is 2.25. The van der Waals surface area contributed by atoms with Gasteiger partial charge in [0.25, 0.3) is 5.91 Å². The van der Waals surface area contributed by atoms with Gasteiger partial charge >= 0.3 is 0 Å². The summed E-state index contributed by atoms with van der Waals surface area (Å²) in [4.78, 5) is 24.8. The number of carbonyl (C=O) groups excluding carboxylic acids is 1. The Kier molecular flexibility index (Phi) is 5.62. The zero-order valence-corrected chi connectivity index (χ0v) is 16.9. The molecule has 2 aliphatic rings. The topological polar surface area (TPSA) is 36.4 Å². The van der Waals surface area contributed by atoms with E-state index in [1.54, 1.807) is 11.8 Å². The fraction of sp³-hybridized carbons (Fsp3) is 0.500. The zero-order chi connectivity index (χ0) is 17.9. The van der Waals surface area contributed by atoms with Crippen LogP contribution in [0.5, 0.6) is 0 Å². The van der Waals surface area contributed by atoms with Crippen molar-refractivity contribution in [2.45, 2.75) is 37.6 Å². The van der Waals surface area contributed by atoms with Crippen LogP contribution in [-0.2, 0) is 19.4 Å². The maximum Gasteiger partial charge on any atom is 0.255 e. The lowest BCUT2D eigenvalue weighted by Gasteiger charge is -2.34. The van der Waals surface area contributed by atoms with Crippen molar-refractivity contribution in [2.24, 2.45) is 0 Å². The van der Waals surface area contributed by atoms with Gasteiger partial charge in [-0.3, -0.25) is 9.69 Å². The number of piperazine rings is 1. The van der Waals surface area contributed by atoms with E-state index in [0.29, 0.717) is 0 Å². The summed E-state index contributed by atoms with van der Waals surface area (Å²) in [6, 6.07) is 7.99. The Morgan fingerprint density at radius 2 is 2.00 bits per heavy atom. The van der Waals surface area contributed by atoms with Crippen LogP contribution in [0, 0.1) is 0 Å². The molecule has 0 saturated carbocycles. The van der Waals surface area contributed by atoms with Crippen LogP contribution in [0.2, 0.25) is 0 Å². The molecule has 0 N–H and O–H groups in total. The summed E-state index contributed by atoms with van der Waals surface area (Å²) >= 11 is 3.63. The third-order valence-electron chi connectivity index (χ3n) is 5.08. The van der Waals surface area contributed by atoms with Crippen LogP contribution in [0.25, 0.3) is 0 Å². The first-order valence-corrected chi connectivity index (χ1v) is 11.3. The van der Waals surface area contributed by atoms with Gasteiger partial charge in [0, 0.05) is 36.0 Å². The third-order valence-corrected chi connectivity index (χ3v) is 7.17. The van der Waals surface area contributed by atoms with Crippen LogP contribution in [0.1, 0.15) is 39.3 Å². The van der Waals surface area contributed by atoms with Gasteiger partial charge in [-0.05, 0) is 37.1 Å². The summed E-state index contributed by atoms with van der Waals surface area (Å²) in [5, 5.41) is 1.25. The quantitative estimate of drug-likeness (QED) is 0.733. The average Bonchev–Trinajstić information content (AvgIpc) is 3.24. The van der Waals surface area contributed by atoms with Gasteiger partial charge in [-0.2, -0.15) is 0 Å². The summed E-state index contributed by atoms with van der Waals surface area (Å²) in [7, 11) is 0. The average molecular weight is 388 g/mol. The van der Waals surface area contributed by atoms with Crippen molar-refractivity contribution in [3.8, 4) is 0 Å². The summed E-state index contributed by atoms with van der Waals surface area (Å²) < 4.78 is 0. The number of aromatic nitrogens is 1. The van der Waals surface area contributed by atoms with Crippen molar-refractivity contribution >= 4 is 29.0 Å². The number of thioether (sulfide) groups is 1. The fourth-order valence-corrected chi connectivity index (χ4v) is 5.70. The molecule has 1 aliphatic heterocycles. The lowest BCUT2D eigenvalue weighted by molar-refractivity contribution is 0.0625. The highest BCUT2D eigenvalue weighted by molar-refractivity contribution is 7.99. The molecule has 0 spiro atoms. The Hall–Kier alpha value is -1.37. The molecule has 2 heterocycles. The first kappa shape index (κ1) is 18.0. The van der Waals surface area contributed by atoms with E-state index in [1.807, 2.05) is 34.4 Å². The number of aryl methyl sites for hydroxylation is 2. The number of amides is 1. The van der Waals surface area contributed by atoms with Crippen molar-refractivity contribution in [2.75, 3.05) is 31.9 Å². The van der Waals surface area contributed by atoms with Gasteiger partial charge < -0.3 is 4.90 Å². The predicted molar refractivity (Wildman–Crippen MR) is 108 cm³/mol. The van der Waals surface area contributed by atoms with Gasteiger partial charge in [0.1, 0.15) is 5.01 Å². The smallest absolute Gasteiger partial charge is 0.255 e. The van der Waals surface area contributed by atoms with E-state index in [1.165, 1.54) is 28.4 Å². The molecule has 1 aromatic heterocycles. The first-order valence-electron chi connectivity index (χ1n) is 9.45. The monoisotopic (exact) mass is 387 g/mol. The van der Waals surface area contributed by atoms with Gasteiger partial charge in [0.2, 0.25) is 0 Å². The lowest BCUT2D eigenvalue weighted by Crippen LogP contribution is -2.48. The van der Waals surface area contributed by atoms with Gasteiger partial charge in [-0.15, -0.1) is 23.1 Å². The molecule has 0 unspecified atom stereocenters. The SMILES string of the molecule is CCSc1ccccc1C(=O)N1CCN(Cc2nc3c(s2)CCC3)CC1. The maximum absolute atomic E-state index is 12.9. The minimum Gasteiger partial charge on any atom is -0.336 e. The zero-order valence-electron chi connectivity index (χ0n) is 15.2. The Morgan fingerprint density at radius 3 is 2.77 bits per heavy atom. The molecule has 0 atom stereocenters. The van der Waals surface area contributed by atoms with Gasteiger partial charge in [0.05, 0.1) is 17.8 Å². The molecule has 2 aromatic rings. The van der Waals surface area contributed by atoms with Crippen molar-refractivity contribution < 1.29 is 4.79 Å². The summed E-state index contributed by atoms with van der Waals surface area (Å²) in [5.74, 6) is 1.16. The second-order valence-corrected chi connectivity index (χ2v) is 9.30. The van der Waals surface area contributed by atoms with Crippen molar-refractivity contribution in [1.29, 1.82) is 0 Å². The molecule has 1 aromatic carbocycles. The van der Waals surface area contributed by atoms with E-state index in [4.69, 9.17) is 4.98 Å². The first-order chi connectivity index (χ1) is 12.7. The molecule has 6 heteroatoms. The van der Waals surface area contributed by atoms with E-state index in [9.17, 15) is 4.79 Å². The van der Waals surface area contributed by atoms with Crippen LogP contribution >= 0.6 is 23.1 Å². The molecule has 4 rings (SSSR count). The predicted octanol–water partition coefficient (Wildman–Crippen LogP) is 3.70.